The van der Waals surface area contributed by atoms with Crippen molar-refractivity contribution < 1.29 is 4.79 Å². The predicted molar refractivity (Wildman–Crippen MR) is 114 cm³/mol. The van der Waals surface area contributed by atoms with Crippen molar-refractivity contribution in [2.24, 2.45) is 0 Å². The van der Waals surface area contributed by atoms with Crippen LogP contribution in [-0.4, -0.2) is 37.4 Å². The van der Waals surface area contributed by atoms with Gasteiger partial charge in [-0.25, -0.2) is 9.36 Å². The van der Waals surface area contributed by atoms with Gasteiger partial charge in [-0.15, -0.1) is 0 Å². The zero-order chi connectivity index (χ0) is 21.1. The Morgan fingerprint density at radius 2 is 1.63 bits per heavy atom. The van der Waals surface area contributed by atoms with Crippen molar-refractivity contribution >= 4 is 5.91 Å². The summed E-state index contributed by atoms with van der Waals surface area (Å²) in [6.07, 6.45) is 3.57. The fourth-order valence-corrected chi connectivity index (χ4v) is 3.22. The summed E-state index contributed by atoms with van der Waals surface area (Å²) < 4.78 is 3.36. The van der Waals surface area contributed by atoms with Gasteiger partial charge in [-0.05, 0) is 31.2 Å². The highest BCUT2D eigenvalue weighted by Gasteiger charge is 2.20. The molecule has 150 valence electrons. The van der Waals surface area contributed by atoms with Gasteiger partial charge in [0.25, 0.3) is 5.91 Å². The van der Waals surface area contributed by atoms with E-state index >= 15 is 0 Å². The van der Waals surface area contributed by atoms with E-state index in [1.807, 2.05) is 66.9 Å². The summed E-state index contributed by atoms with van der Waals surface area (Å²) in [5.74, 6) is -0.433. The van der Waals surface area contributed by atoms with Crippen LogP contribution in [0.25, 0.3) is 11.4 Å². The minimum atomic E-state index is -0.433. The lowest BCUT2D eigenvalue weighted by Gasteiger charge is -2.17. The van der Waals surface area contributed by atoms with Gasteiger partial charge in [-0.2, -0.15) is 10.2 Å². The molecule has 2 aromatic carbocycles. The lowest BCUT2D eigenvalue weighted by Crippen LogP contribution is -2.33. The number of aryl methyl sites for hydroxylation is 1. The molecule has 4 rings (SSSR count). The molecule has 0 radical (unpaired) electrons. The van der Waals surface area contributed by atoms with E-state index < -0.39 is 11.3 Å². The number of hydrogen-bond donors (Lipinski definition) is 0. The summed E-state index contributed by atoms with van der Waals surface area (Å²) in [7, 11) is 1.65. The number of rotatable bonds is 5. The molecule has 0 saturated carbocycles. The maximum Gasteiger partial charge on any atom is 0.278 e. The zero-order valence-corrected chi connectivity index (χ0v) is 16.8. The Bertz CT molecular complexity index is 1230. The average Bonchev–Trinajstić information content (AvgIpc) is 3.23. The molecule has 0 aliphatic heterocycles. The molecule has 2 aromatic heterocycles. The van der Waals surface area contributed by atoms with E-state index in [9.17, 15) is 9.59 Å². The molecule has 30 heavy (non-hydrogen) atoms. The average molecular weight is 399 g/mol. The number of carbonyl (C=O) groups is 1. The van der Waals surface area contributed by atoms with Gasteiger partial charge in [0.2, 0.25) is 5.43 Å². The van der Waals surface area contributed by atoms with Crippen LogP contribution in [0.3, 0.4) is 0 Å². The minimum Gasteiger partial charge on any atom is -0.336 e. The molecule has 7 heteroatoms. The van der Waals surface area contributed by atoms with Crippen LogP contribution in [0, 0.1) is 6.92 Å². The SMILES string of the molecule is Cc1cc(=O)c(C(=O)N(C)Cc2cnn(-c3ccccc3)c2)nn1-c1ccccc1. The molecule has 0 spiro atoms. The molecule has 0 aliphatic carbocycles. The number of carbonyl (C=O) groups excluding carboxylic acids is 1. The molecule has 2 heterocycles. The molecule has 0 bridgehead atoms. The summed E-state index contributed by atoms with van der Waals surface area (Å²) in [5.41, 5.74) is 2.73. The van der Waals surface area contributed by atoms with E-state index in [4.69, 9.17) is 0 Å². The van der Waals surface area contributed by atoms with E-state index in [1.165, 1.54) is 11.0 Å². The Kier molecular flexibility index (Phi) is 5.26. The van der Waals surface area contributed by atoms with Crippen LogP contribution in [0.15, 0.2) is 83.9 Å². The first kappa shape index (κ1) is 19.3. The minimum absolute atomic E-state index is 0.109. The molecule has 1 amide bonds. The van der Waals surface area contributed by atoms with Crippen molar-refractivity contribution in [2.75, 3.05) is 7.05 Å². The molecular formula is C23H21N5O2. The smallest absolute Gasteiger partial charge is 0.278 e. The predicted octanol–water partition coefficient (Wildman–Crippen LogP) is 3.00. The van der Waals surface area contributed by atoms with Crippen molar-refractivity contribution in [3.8, 4) is 11.4 Å². The standard InChI is InChI=1S/C23H21N5O2/c1-17-13-21(29)22(25-28(17)20-11-7-4-8-12-20)23(30)26(2)15-18-14-24-27(16-18)19-9-5-3-6-10-19/h3-14,16H,15H2,1-2H3. The van der Waals surface area contributed by atoms with Gasteiger partial charge in [0, 0.05) is 37.1 Å². The third-order valence-electron chi connectivity index (χ3n) is 4.73. The Labute approximate surface area is 173 Å². The Morgan fingerprint density at radius 1 is 1.00 bits per heavy atom. The van der Waals surface area contributed by atoms with E-state index in [0.717, 1.165) is 16.9 Å². The summed E-state index contributed by atoms with van der Waals surface area (Å²) in [4.78, 5) is 26.9. The number of hydrogen-bond acceptors (Lipinski definition) is 4. The van der Waals surface area contributed by atoms with Gasteiger partial charge in [0.05, 0.1) is 17.6 Å². The van der Waals surface area contributed by atoms with E-state index in [0.29, 0.717) is 12.2 Å². The van der Waals surface area contributed by atoms with Crippen LogP contribution in [-0.2, 0) is 6.54 Å². The highest BCUT2D eigenvalue weighted by Crippen LogP contribution is 2.11. The topological polar surface area (TPSA) is 73.0 Å². The quantitative estimate of drug-likeness (QED) is 0.517. The maximum atomic E-state index is 13.0. The Balaban J connectivity index is 1.57. The first-order valence-electron chi connectivity index (χ1n) is 9.54. The van der Waals surface area contributed by atoms with Crippen LogP contribution >= 0.6 is 0 Å². The van der Waals surface area contributed by atoms with Crippen LogP contribution in [0.2, 0.25) is 0 Å². The molecule has 4 aromatic rings. The highest BCUT2D eigenvalue weighted by atomic mass is 16.2. The maximum absolute atomic E-state index is 13.0. The second-order valence-electron chi connectivity index (χ2n) is 7.04. The van der Waals surface area contributed by atoms with Gasteiger partial charge in [-0.3, -0.25) is 9.59 Å². The first-order valence-corrected chi connectivity index (χ1v) is 9.54. The molecule has 0 N–H and O–H groups in total. The zero-order valence-electron chi connectivity index (χ0n) is 16.8. The third kappa shape index (κ3) is 3.91. The number of amides is 1. The second-order valence-corrected chi connectivity index (χ2v) is 7.04. The molecule has 0 saturated heterocycles. The normalized spacial score (nSPS) is 10.7. The monoisotopic (exact) mass is 399 g/mol. The van der Waals surface area contributed by atoms with Crippen LogP contribution in [0.4, 0.5) is 0 Å². The molecule has 7 nitrogen and oxygen atoms in total. The van der Waals surface area contributed by atoms with Crippen molar-refractivity contribution in [1.82, 2.24) is 24.5 Å². The van der Waals surface area contributed by atoms with E-state index in [-0.39, 0.29) is 5.69 Å². The van der Waals surface area contributed by atoms with Crippen molar-refractivity contribution in [3.05, 3.63) is 106 Å². The van der Waals surface area contributed by atoms with Crippen molar-refractivity contribution in [3.63, 3.8) is 0 Å². The van der Waals surface area contributed by atoms with Crippen LogP contribution < -0.4 is 5.43 Å². The Hall–Kier alpha value is -4.00. The van der Waals surface area contributed by atoms with Gasteiger partial charge in [0.15, 0.2) is 5.69 Å². The third-order valence-corrected chi connectivity index (χ3v) is 4.73. The number of para-hydroxylation sites is 2. The summed E-state index contributed by atoms with van der Waals surface area (Å²) in [6, 6.07) is 20.6. The van der Waals surface area contributed by atoms with Crippen LogP contribution in [0.1, 0.15) is 21.7 Å². The van der Waals surface area contributed by atoms with Crippen molar-refractivity contribution in [1.29, 1.82) is 0 Å². The van der Waals surface area contributed by atoms with Crippen LogP contribution in [0.5, 0.6) is 0 Å². The Morgan fingerprint density at radius 3 is 2.30 bits per heavy atom. The molecular weight excluding hydrogens is 378 g/mol. The summed E-state index contributed by atoms with van der Waals surface area (Å²) in [6.45, 7) is 2.10. The van der Waals surface area contributed by atoms with Crippen molar-refractivity contribution in [2.45, 2.75) is 13.5 Å². The van der Waals surface area contributed by atoms with Gasteiger partial charge >= 0.3 is 0 Å². The van der Waals surface area contributed by atoms with Gasteiger partial charge < -0.3 is 4.90 Å². The molecule has 0 fully saturated rings. The number of benzene rings is 2. The fourth-order valence-electron chi connectivity index (χ4n) is 3.22. The lowest BCUT2D eigenvalue weighted by atomic mass is 10.2. The summed E-state index contributed by atoms with van der Waals surface area (Å²) in [5, 5.41) is 8.70. The first-order chi connectivity index (χ1) is 14.5. The molecule has 0 aliphatic rings. The van der Waals surface area contributed by atoms with Gasteiger partial charge in [0.1, 0.15) is 0 Å². The second kappa shape index (κ2) is 8.16. The summed E-state index contributed by atoms with van der Waals surface area (Å²) >= 11 is 0. The number of aromatic nitrogens is 4. The molecule has 0 unspecified atom stereocenters. The van der Waals surface area contributed by atoms with Gasteiger partial charge in [-0.1, -0.05) is 36.4 Å². The largest absolute Gasteiger partial charge is 0.336 e. The van der Waals surface area contributed by atoms with E-state index in [1.54, 1.807) is 29.5 Å². The van der Waals surface area contributed by atoms with E-state index in [2.05, 4.69) is 10.2 Å². The fraction of sp³-hybridized carbons (Fsp3) is 0.130. The lowest BCUT2D eigenvalue weighted by molar-refractivity contribution is 0.0776. The molecule has 0 atom stereocenters. The number of nitrogens with zero attached hydrogens (tertiary/aromatic N) is 5. The highest BCUT2D eigenvalue weighted by molar-refractivity contribution is 5.91.